The minimum atomic E-state index is -0.753. The number of aryl methyl sites for hydroxylation is 1. The van der Waals surface area contributed by atoms with Gasteiger partial charge in [-0.05, 0) is 72.7 Å². The van der Waals surface area contributed by atoms with Gasteiger partial charge in [0.05, 0.1) is 24.8 Å². The fourth-order valence-corrected chi connectivity index (χ4v) is 6.07. The molecule has 0 radical (unpaired) electrons. The first-order chi connectivity index (χ1) is 24.6. The van der Waals surface area contributed by atoms with E-state index >= 15 is 0 Å². The van der Waals surface area contributed by atoms with Crippen LogP contribution in [0, 0.1) is 17.0 Å². The molecule has 0 aliphatic heterocycles. The van der Waals surface area contributed by atoms with Crippen LogP contribution >= 0.6 is 11.8 Å². The summed E-state index contributed by atoms with van der Waals surface area (Å²) in [6.07, 6.45) is 1.50. The Labute approximate surface area is 298 Å². The minimum absolute atomic E-state index is 0.0534. The molecule has 258 valence electrons. The number of hydrogen-bond acceptors (Lipinski definition) is 8. The topological polar surface area (TPSA) is 149 Å². The summed E-state index contributed by atoms with van der Waals surface area (Å²) in [7, 11) is 3.02. The maximum absolute atomic E-state index is 13.8. The van der Waals surface area contributed by atoms with Gasteiger partial charge in [-0.2, -0.15) is 0 Å². The van der Waals surface area contributed by atoms with E-state index in [2.05, 4.69) is 16.0 Å². The van der Waals surface area contributed by atoms with E-state index in [1.807, 2.05) is 30.3 Å². The predicted molar refractivity (Wildman–Crippen MR) is 198 cm³/mol. The van der Waals surface area contributed by atoms with Crippen molar-refractivity contribution in [3.8, 4) is 11.5 Å². The molecule has 0 saturated carbocycles. The van der Waals surface area contributed by atoms with E-state index in [1.165, 1.54) is 44.2 Å². The van der Waals surface area contributed by atoms with Crippen molar-refractivity contribution in [1.29, 1.82) is 0 Å². The van der Waals surface area contributed by atoms with Gasteiger partial charge in [-0.25, -0.2) is 0 Å². The van der Waals surface area contributed by atoms with Crippen LogP contribution < -0.4 is 25.4 Å². The van der Waals surface area contributed by atoms with Crippen molar-refractivity contribution in [3.63, 3.8) is 0 Å². The maximum Gasteiger partial charge on any atom is 0.272 e. The molecule has 5 rings (SSSR count). The molecule has 1 atom stereocenters. The number of hydrogen-bond donors (Lipinski definition) is 3. The molecule has 0 saturated heterocycles. The Bertz CT molecular complexity index is 2090. The van der Waals surface area contributed by atoms with Gasteiger partial charge in [-0.3, -0.25) is 24.5 Å². The van der Waals surface area contributed by atoms with Crippen LogP contribution in [0.15, 0.2) is 132 Å². The fourth-order valence-electron chi connectivity index (χ4n) is 4.99. The summed E-state index contributed by atoms with van der Waals surface area (Å²) in [5.74, 6) is -0.494. The Morgan fingerprint density at radius 3 is 2.22 bits per heavy atom. The van der Waals surface area contributed by atoms with Crippen molar-refractivity contribution in [1.82, 2.24) is 5.32 Å². The lowest BCUT2D eigenvalue weighted by molar-refractivity contribution is -0.384. The van der Waals surface area contributed by atoms with Crippen molar-refractivity contribution in [2.45, 2.75) is 17.1 Å². The average molecular weight is 703 g/mol. The number of thioether (sulfide) groups is 1. The van der Waals surface area contributed by atoms with E-state index in [4.69, 9.17) is 9.47 Å². The van der Waals surface area contributed by atoms with Crippen LogP contribution in [0.2, 0.25) is 0 Å². The summed E-state index contributed by atoms with van der Waals surface area (Å²) in [5, 5.41) is 19.1. The number of ether oxygens (including phenoxy) is 2. The lowest BCUT2D eigenvalue weighted by atomic mass is 10.1. The Morgan fingerprint density at radius 1 is 0.804 bits per heavy atom. The summed E-state index contributed by atoms with van der Waals surface area (Å²) in [6, 6.07) is 34.0. The number of nitrogens with zero attached hydrogens (tertiary/aromatic N) is 1. The highest BCUT2D eigenvalue weighted by atomic mass is 32.2. The standard InChI is InChI=1S/C39H34N4O7S/c1-25-17-18-30(43(47)48)24-33(25)41-39(46)36(26-11-6-4-7-12-26)51-32-16-10-15-29(23-32)40-38(45)34(42-37(44)27-13-8-5-9-14-27)22-28-21-31(49-2)19-20-35(28)50-3/h4-24,36H,1-3H3,(H,40,45)(H,41,46)(H,42,44)/b34-22+. The van der Waals surface area contributed by atoms with Gasteiger partial charge in [0.15, 0.2) is 0 Å². The summed E-state index contributed by atoms with van der Waals surface area (Å²) >= 11 is 1.24. The van der Waals surface area contributed by atoms with Crippen molar-refractivity contribution >= 4 is 52.6 Å². The number of nitro groups is 1. The number of non-ortho nitro benzene ring substituents is 1. The van der Waals surface area contributed by atoms with Gasteiger partial charge >= 0.3 is 0 Å². The van der Waals surface area contributed by atoms with Crippen LogP contribution in [0.25, 0.3) is 6.08 Å². The second-order valence-corrected chi connectivity index (χ2v) is 12.3. The molecule has 12 heteroatoms. The number of rotatable bonds is 13. The van der Waals surface area contributed by atoms with Crippen LogP contribution in [0.5, 0.6) is 11.5 Å². The molecular weight excluding hydrogens is 669 g/mol. The third-order valence-electron chi connectivity index (χ3n) is 7.64. The van der Waals surface area contributed by atoms with Gasteiger partial charge in [-0.1, -0.05) is 60.7 Å². The highest BCUT2D eigenvalue weighted by Crippen LogP contribution is 2.38. The quantitative estimate of drug-likeness (QED) is 0.0487. The Hall–Kier alpha value is -6.40. The van der Waals surface area contributed by atoms with Crippen molar-refractivity contribution in [2.24, 2.45) is 0 Å². The number of carbonyl (C=O) groups is 3. The highest BCUT2D eigenvalue weighted by molar-refractivity contribution is 8.00. The molecule has 5 aromatic rings. The number of nitrogens with one attached hydrogen (secondary N) is 3. The van der Waals surface area contributed by atoms with Gasteiger partial charge in [0.2, 0.25) is 5.91 Å². The smallest absolute Gasteiger partial charge is 0.272 e. The van der Waals surface area contributed by atoms with Crippen LogP contribution in [0.1, 0.15) is 32.3 Å². The average Bonchev–Trinajstić information content (AvgIpc) is 3.15. The summed E-state index contributed by atoms with van der Waals surface area (Å²) < 4.78 is 10.9. The van der Waals surface area contributed by atoms with Crippen molar-refractivity contribution < 1.29 is 28.8 Å². The largest absolute Gasteiger partial charge is 0.497 e. The van der Waals surface area contributed by atoms with Crippen LogP contribution in [-0.4, -0.2) is 36.9 Å². The first-order valence-electron chi connectivity index (χ1n) is 15.6. The van der Waals surface area contributed by atoms with E-state index < -0.39 is 22.0 Å². The molecule has 0 fully saturated rings. The zero-order chi connectivity index (χ0) is 36.3. The van der Waals surface area contributed by atoms with Crippen LogP contribution in [0.4, 0.5) is 17.1 Å². The first-order valence-corrected chi connectivity index (χ1v) is 16.5. The number of amides is 3. The van der Waals surface area contributed by atoms with Gasteiger partial charge in [0, 0.05) is 33.8 Å². The Balaban J connectivity index is 1.42. The predicted octanol–water partition coefficient (Wildman–Crippen LogP) is 7.80. The zero-order valence-electron chi connectivity index (χ0n) is 27.9. The minimum Gasteiger partial charge on any atom is -0.497 e. The van der Waals surface area contributed by atoms with Crippen molar-refractivity contribution in [2.75, 3.05) is 24.9 Å². The fraction of sp³-hybridized carbons (Fsp3) is 0.103. The third-order valence-corrected chi connectivity index (χ3v) is 8.89. The molecule has 3 amide bonds. The van der Waals surface area contributed by atoms with Gasteiger partial charge in [-0.15, -0.1) is 11.8 Å². The molecule has 3 N–H and O–H groups in total. The van der Waals surface area contributed by atoms with Crippen molar-refractivity contribution in [3.05, 3.63) is 159 Å². The first kappa shape index (κ1) is 35.9. The summed E-state index contributed by atoms with van der Waals surface area (Å²) in [6.45, 7) is 1.76. The van der Waals surface area contributed by atoms with E-state index in [9.17, 15) is 24.5 Å². The maximum atomic E-state index is 13.8. The van der Waals surface area contributed by atoms with E-state index in [-0.39, 0.29) is 17.3 Å². The lowest BCUT2D eigenvalue weighted by Gasteiger charge is -2.18. The molecule has 51 heavy (non-hydrogen) atoms. The molecule has 11 nitrogen and oxygen atoms in total. The molecule has 0 aliphatic carbocycles. The highest BCUT2D eigenvalue weighted by Gasteiger charge is 2.24. The number of methoxy groups -OCH3 is 2. The second-order valence-electron chi connectivity index (χ2n) is 11.1. The molecule has 1 unspecified atom stereocenters. The number of carbonyl (C=O) groups excluding carboxylic acids is 3. The van der Waals surface area contributed by atoms with Crippen LogP contribution in [0.3, 0.4) is 0 Å². The molecule has 0 bridgehead atoms. The number of benzene rings is 5. The summed E-state index contributed by atoms with van der Waals surface area (Å²) in [4.78, 5) is 52.3. The second kappa shape index (κ2) is 16.8. The molecular formula is C39H34N4O7S. The van der Waals surface area contributed by atoms with Crippen LogP contribution in [-0.2, 0) is 9.59 Å². The normalized spacial score (nSPS) is 11.5. The Morgan fingerprint density at radius 2 is 1.53 bits per heavy atom. The lowest BCUT2D eigenvalue weighted by Crippen LogP contribution is -2.30. The molecule has 0 heterocycles. The molecule has 0 aromatic heterocycles. The Kier molecular flexibility index (Phi) is 11.8. The van der Waals surface area contributed by atoms with E-state index in [1.54, 1.807) is 85.8 Å². The zero-order valence-corrected chi connectivity index (χ0v) is 28.7. The SMILES string of the molecule is COc1ccc(OC)c(/C=C(/NC(=O)c2ccccc2)C(=O)Nc2cccc(SC(C(=O)Nc3cc([N+](=O)[O-])ccc3C)c3ccccc3)c2)c1. The molecule has 5 aromatic carbocycles. The van der Waals surface area contributed by atoms with Gasteiger partial charge < -0.3 is 25.4 Å². The third kappa shape index (κ3) is 9.40. The molecule has 0 spiro atoms. The molecule has 0 aliphatic rings. The van der Waals surface area contributed by atoms with E-state index in [0.29, 0.717) is 50.0 Å². The monoisotopic (exact) mass is 702 g/mol. The number of nitro benzene ring substituents is 1. The number of anilines is 2. The van der Waals surface area contributed by atoms with Gasteiger partial charge in [0.1, 0.15) is 22.4 Å². The van der Waals surface area contributed by atoms with E-state index in [0.717, 1.165) is 0 Å². The summed E-state index contributed by atoms with van der Waals surface area (Å²) in [5.41, 5.74) is 2.78. The van der Waals surface area contributed by atoms with Gasteiger partial charge in [0.25, 0.3) is 17.5 Å².